The standard InChI is InChI=1S/C12H13N3O/c1-13-11-7-9(5-6-14-11)10-3-4-12(16-2)15-8-10/h3-8H,1-2H3,(H,13,14). The minimum atomic E-state index is 0.617. The second-order valence-corrected chi connectivity index (χ2v) is 3.27. The Labute approximate surface area is 94.3 Å². The summed E-state index contributed by atoms with van der Waals surface area (Å²) in [7, 11) is 3.45. The quantitative estimate of drug-likeness (QED) is 0.852. The first-order chi connectivity index (χ1) is 7.83. The van der Waals surface area contributed by atoms with Crippen molar-refractivity contribution in [2.45, 2.75) is 0 Å². The van der Waals surface area contributed by atoms with Gasteiger partial charge in [0.15, 0.2) is 0 Å². The molecule has 0 saturated carbocycles. The van der Waals surface area contributed by atoms with Gasteiger partial charge in [-0.15, -0.1) is 0 Å². The number of aromatic nitrogens is 2. The van der Waals surface area contributed by atoms with E-state index in [9.17, 15) is 0 Å². The number of nitrogens with one attached hydrogen (secondary N) is 1. The molecular weight excluding hydrogens is 202 g/mol. The zero-order chi connectivity index (χ0) is 11.4. The Balaban J connectivity index is 2.34. The van der Waals surface area contributed by atoms with Crippen molar-refractivity contribution >= 4 is 5.82 Å². The SMILES string of the molecule is CNc1cc(-c2ccc(OC)nc2)ccn1. The summed E-state index contributed by atoms with van der Waals surface area (Å²) in [5.74, 6) is 1.46. The molecule has 0 aliphatic rings. The van der Waals surface area contributed by atoms with Gasteiger partial charge >= 0.3 is 0 Å². The van der Waals surface area contributed by atoms with Crippen LogP contribution in [0.25, 0.3) is 11.1 Å². The van der Waals surface area contributed by atoms with Crippen molar-refractivity contribution in [1.29, 1.82) is 0 Å². The summed E-state index contributed by atoms with van der Waals surface area (Å²) < 4.78 is 5.01. The lowest BCUT2D eigenvalue weighted by Gasteiger charge is -2.04. The van der Waals surface area contributed by atoms with Crippen LogP contribution in [0.1, 0.15) is 0 Å². The van der Waals surface area contributed by atoms with Crippen LogP contribution in [0.4, 0.5) is 5.82 Å². The molecule has 2 heterocycles. The zero-order valence-electron chi connectivity index (χ0n) is 9.27. The van der Waals surface area contributed by atoms with E-state index in [1.54, 1.807) is 19.5 Å². The van der Waals surface area contributed by atoms with Crippen molar-refractivity contribution in [2.75, 3.05) is 19.5 Å². The van der Waals surface area contributed by atoms with E-state index in [0.29, 0.717) is 5.88 Å². The highest BCUT2D eigenvalue weighted by Crippen LogP contribution is 2.21. The van der Waals surface area contributed by atoms with E-state index in [1.165, 1.54) is 0 Å². The molecule has 1 N–H and O–H groups in total. The lowest BCUT2D eigenvalue weighted by molar-refractivity contribution is 0.398. The van der Waals surface area contributed by atoms with E-state index in [0.717, 1.165) is 16.9 Å². The summed E-state index contributed by atoms with van der Waals surface area (Å²) in [4.78, 5) is 8.33. The van der Waals surface area contributed by atoms with Crippen LogP contribution in [0.2, 0.25) is 0 Å². The molecule has 0 spiro atoms. The van der Waals surface area contributed by atoms with Crippen molar-refractivity contribution in [3.8, 4) is 17.0 Å². The number of anilines is 1. The maximum Gasteiger partial charge on any atom is 0.212 e. The number of pyridine rings is 2. The molecule has 0 radical (unpaired) electrons. The fraction of sp³-hybridized carbons (Fsp3) is 0.167. The lowest BCUT2D eigenvalue weighted by Crippen LogP contribution is -1.92. The maximum absolute atomic E-state index is 5.01. The van der Waals surface area contributed by atoms with E-state index >= 15 is 0 Å². The third-order valence-corrected chi connectivity index (χ3v) is 2.29. The predicted molar refractivity (Wildman–Crippen MR) is 63.6 cm³/mol. The first kappa shape index (κ1) is 10.4. The molecule has 2 rings (SSSR count). The highest BCUT2D eigenvalue weighted by atomic mass is 16.5. The summed E-state index contributed by atoms with van der Waals surface area (Å²) in [5.41, 5.74) is 2.12. The Morgan fingerprint density at radius 1 is 1.12 bits per heavy atom. The van der Waals surface area contributed by atoms with E-state index in [1.807, 2.05) is 31.3 Å². The molecule has 0 aromatic carbocycles. The van der Waals surface area contributed by atoms with Crippen LogP contribution in [0.15, 0.2) is 36.7 Å². The molecule has 4 nitrogen and oxygen atoms in total. The fourth-order valence-corrected chi connectivity index (χ4v) is 1.42. The molecule has 0 fully saturated rings. The summed E-state index contributed by atoms with van der Waals surface area (Å²) >= 11 is 0. The van der Waals surface area contributed by atoms with Crippen LogP contribution in [-0.4, -0.2) is 24.1 Å². The Bertz CT molecular complexity index is 468. The molecular formula is C12H13N3O. The van der Waals surface area contributed by atoms with Gasteiger partial charge in [-0.05, 0) is 23.8 Å². The smallest absolute Gasteiger partial charge is 0.212 e. The topological polar surface area (TPSA) is 47.0 Å². The summed E-state index contributed by atoms with van der Waals surface area (Å²) in [6.45, 7) is 0. The molecule has 0 atom stereocenters. The highest BCUT2D eigenvalue weighted by molar-refractivity contribution is 5.65. The van der Waals surface area contributed by atoms with Crippen molar-refractivity contribution in [1.82, 2.24) is 9.97 Å². The minimum Gasteiger partial charge on any atom is -0.481 e. The van der Waals surface area contributed by atoms with Crippen LogP contribution in [0, 0.1) is 0 Å². The van der Waals surface area contributed by atoms with E-state index in [4.69, 9.17) is 4.74 Å². The van der Waals surface area contributed by atoms with Crippen LogP contribution in [0.3, 0.4) is 0 Å². The molecule has 82 valence electrons. The van der Waals surface area contributed by atoms with Crippen LogP contribution >= 0.6 is 0 Å². The number of hydrogen-bond donors (Lipinski definition) is 1. The van der Waals surface area contributed by atoms with Crippen molar-refractivity contribution < 1.29 is 4.74 Å². The van der Waals surface area contributed by atoms with Gasteiger partial charge in [0, 0.05) is 31.1 Å². The van der Waals surface area contributed by atoms with Crippen molar-refractivity contribution in [3.63, 3.8) is 0 Å². The monoisotopic (exact) mass is 215 g/mol. The molecule has 0 aliphatic carbocycles. The maximum atomic E-state index is 5.01. The molecule has 0 amide bonds. The molecule has 4 heteroatoms. The summed E-state index contributed by atoms with van der Waals surface area (Å²) in [6.07, 6.45) is 3.55. The molecule has 0 saturated heterocycles. The van der Waals surface area contributed by atoms with Crippen LogP contribution < -0.4 is 10.1 Å². The largest absolute Gasteiger partial charge is 0.481 e. The Hall–Kier alpha value is -2.10. The van der Waals surface area contributed by atoms with E-state index in [-0.39, 0.29) is 0 Å². The van der Waals surface area contributed by atoms with Gasteiger partial charge in [0.1, 0.15) is 5.82 Å². The molecule has 16 heavy (non-hydrogen) atoms. The number of ether oxygens (including phenoxy) is 1. The van der Waals surface area contributed by atoms with Crippen LogP contribution in [0.5, 0.6) is 5.88 Å². The van der Waals surface area contributed by atoms with Gasteiger partial charge in [-0.1, -0.05) is 0 Å². The normalized spacial score (nSPS) is 9.88. The van der Waals surface area contributed by atoms with Gasteiger partial charge in [0.25, 0.3) is 0 Å². The number of nitrogens with zero attached hydrogens (tertiary/aromatic N) is 2. The first-order valence-electron chi connectivity index (χ1n) is 4.97. The first-order valence-corrected chi connectivity index (χ1v) is 4.97. The molecule has 2 aromatic heterocycles. The highest BCUT2D eigenvalue weighted by Gasteiger charge is 2.00. The number of hydrogen-bond acceptors (Lipinski definition) is 4. The van der Waals surface area contributed by atoms with E-state index < -0.39 is 0 Å². The van der Waals surface area contributed by atoms with Gasteiger partial charge < -0.3 is 10.1 Å². The molecule has 2 aromatic rings. The van der Waals surface area contributed by atoms with Gasteiger partial charge in [-0.3, -0.25) is 0 Å². The number of rotatable bonds is 3. The zero-order valence-corrected chi connectivity index (χ0v) is 9.27. The van der Waals surface area contributed by atoms with Gasteiger partial charge in [0.05, 0.1) is 7.11 Å². The Kier molecular flexibility index (Phi) is 3.00. The van der Waals surface area contributed by atoms with Gasteiger partial charge in [-0.25, -0.2) is 9.97 Å². The molecule has 0 bridgehead atoms. The van der Waals surface area contributed by atoms with Crippen molar-refractivity contribution in [2.24, 2.45) is 0 Å². The minimum absolute atomic E-state index is 0.617. The Morgan fingerprint density at radius 2 is 2.00 bits per heavy atom. The van der Waals surface area contributed by atoms with Gasteiger partial charge in [0.2, 0.25) is 5.88 Å². The summed E-state index contributed by atoms with van der Waals surface area (Å²) in [6, 6.07) is 7.74. The second kappa shape index (κ2) is 4.61. The molecule has 0 aliphatic heterocycles. The van der Waals surface area contributed by atoms with Crippen molar-refractivity contribution in [3.05, 3.63) is 36.7 Å². The average molecular weight is 215 g/mol. The second-order valence-electron chi connectivity index (χ2n) is 3.27. The fourth-order valence-electron chi connectivity index (χ4n) is 1.42. The average Bonchev–Trinajstić information content (AvgIpc) is 2.39. The predicted octanol–water partition coefficient (Wildman–Crippen LogP) is 2.19. The lowest BCUT2D eigenvalue weighted by atomic mass is 10.1. The summed E-state index contributed by atoms with van der Waals surface area (Å²) in [5, 5.41) is 3.00. The third-order valence-electron chi connectivity index (χ3n) is 2.29. The van der Waals surface area contributed by atoms with Gasteiger partial charge in [-0.2, -0.15) is 0 Å². The van der Waals surface area contributed by atoms with E-state index in [2.05, 4.69) is 15.3 Å². The molecule has 0 unspecified atom stereocenters. The number of methoxy groups -OCH3 is 1. The third kappa shape index (κ3) is 2.11. The van der Waals surface area contributed by atoms with Crippen LogP contribution in [-0.2, 0) is 0 Å². The Morgan fingerprint density at radius 3 is 2.62 bits per heavy atom.